The van der Waals surface area contributed by atoms with Gasteiger partial charge in [-0.1, -0.05) is 30.3 Å². The van der Waals surface area contributed by atoms with Crippen molar-refractivity contribution in [2.24, 2.45) is 0 Å². The number of carbonyl (C=O) groups is 1. The number of thiophene rings is 1. The summed E-state index contributed by atoms with van der Waals surface area (Å²) in [6, 6.07) is 9.89. The van der Waals surface area contributed by atoms with E-state index in [1.807, 2.05) is 49.6 Å². The Morgan fingerprint density at radius 3 is 2.62 bits per heavy atom. The summed E-state index contributed by atoms with van der Waals surface area (Å²) in [6.45, 7) is 4.65. The van der Waals surface area contributed by atoms with Crippen molar-refractivity contribution in [1.82, 2.24) is 16.2 Å². The SMILES string of the molecule is CCNC(=S)NNC(=O)c1csc(C)c1-c1ccccc1. The molecule has 0 fully saturated rings. The van der Waals surface area contributed by atoms with Crippen LogP contribution in [0, 0.1) is 6.92 Å². The zero-order valence-electron chi connectivity index (χ0n) is 11.9. The standard InChI is InChI=1S/C15H17N3OS2/c1-3-16-15(20)18-17-14(19)12-9-21-10(2)13(12)11-7-5-4-6-8-11/h4-9H,3H2,1-2H3,(H,17,19)(H2,16,18,20). The average Bonchev–Trinajstić information content (AvgIpc) is 2.88. The van der Waals surface area contributed by atoms with Gasteiger partial charge in [0.15, 0.2) is 5.11 Å². The molecule has 1 heterocycles. The monoisotopic (exact) mass is 319 g/mol. The molecule has 1 amide bonds. The number of hydrazine groups is 1. The van der Waals surface area contributed by atoms with E-state index in [0.717, 1.165) is 16.0 Å². The Labute approximate surface area is 133 Å². The minimum Gasteiger partial charge on any atom is -0.362 e. The van der Waals surface area contributed by atoms with Gasteiger partial charge in [-0.25, -0.2) is 0 Å². The molecule has 21 heavy (non-hydrogen) atoms. The van der Waals surface area contributed by atoms with Gasteiger partial charge in [-0.15, -0.1) is 11.3 Å². The summed E-state index contributed by atoms with van der Waals surface area (Å²) >= 11 is 6.58. The number of nitrogens with one attached hydrogen (secondary N) is 3. The van der Waals surface area contributed by atoms with Gasteiger partial charge in [0.25, 0.3) is 5.91 Å². The van der Waals surface area contributed by atoms with Crippen molar-refractivity contribution in [3.63, 3.8) is 0 Å². The molecule has 0 aliphatic carbocycles. The lowest BCUT2D eigenvalue weighted by molar-refractivity contribution is 0.0944. The fourth-order valence-electron chi connectivity index (χ4n) is 1.97. The van der Waals surface area contributed by atoms with Crippen molar-refractivity contribution in [3.8, 4) is 11.1 Å². The lowest BCUT2D eigenvalue weighted by atomic mass is 10.0. The second kappa shape index (κ2) is 7.19. The van der Waals surface area contributed by atoms with Crippen molar-refractivity contribution in [2.45, 2.75) is 13.8 Å². The Morgan fingerprint density at radius 1 is 1.24 bits per heavy atom. The molecule has 2 rings (SSSR count). The topological polar surface area (TPSA) is 53.2 Å². The number of carbonyl (C=O) groups excluding carboxylic acids is 1. The van der Waals surface area contributed by atoms with Gasteiger partial charge in [0.05, 0.1) is 5.56 Å². The minimum absolute atomic E-state index is 0.196. The molecular formula is C15H17N3OS2. The van der Waals surface area contributed by atoms with Crippen LogP contribution < -0.4 is 16.2 Å². The Morgan fingerprint density at radius 2 is 1.95 bits per heavy atom. The van der Waals surface area contributed by atoms with Crippen LogP contribution in [0.2, 0.25) is 0 Å². The van der Waals surface area contributed by atoms with E-state index in [1.54, 1.807) is 11.3 Å². The summed E-state index contributed by atoms with van der Waals surface area (Å²) in [7, 11) is 0. The second-order valence-electron chi connectivity index (χ2n) is 4.39. The highest BCUT2D eigenvalue weighted by Crippen LogP contribution is 2.32. The zero-order chi connectivity index (χ0) is 15.2. The third kappa shape index (κ3) is 3.80. The normalized spacial score (nSPS) is 10.0. The predicted molar refractivity (Wildman–Crippen MR) is 91.4 cm³/mol. The van der Waals surface area contributed by atoms with Crippen LogP contribution >= 0.6 is 23.6 Å². The molecule has 0 saturated carbocycles. The number of aryl methyl sites for hydroxylation is 1. The van der Waals surface area contributed by atoms with Crippen LogP contribution in [0.1, 0.15) is 22.2 Å². The molecule has 110 valence electrons. The maximum absolute atomic E-state index is 12.3. The summed E-state index contributed by atoms with van der Waals surface area (Å²) < 4.78 is 0. The molecule has 4 nitrogen and oxygen atoms in total. The Bertz CT molecular complexity index is 638. The smallest absolute Gasteiger partial charge is 0.271 e. The third-order valence-corrected chi connectivity index (χ3v) is 4.07. The predicted octanol–water partition coefficient (Wildman–Crippen LogP) is 2.85. The Hall–Kier alpha value is -1.92. The molecule has 1 aromatic carbocycles. The van der Waals surface area contributed by atoms with E-state index in [-0.39, 0.29) is 5.91 Å². The number of thiocarbonyl (C=S) groups is 1. The van der Waals surface area contributed by atoms with Gasteiger partial charge in [-0.3, -0.25) is 15.6 Å². The molecule has 6 heteroatoms. The van der Waals surface area contributed by atoms with Gasteiger partial charge in [-0.2, -0.15) is 0 Å². The molecule has 2 aromatic rings. The first-order chi connectivity index (χ1) is 10.1. The maximum Gasteiger partial charge on any atom is 0.271 e. The fourth-order valence-corrected chi connectivity index (χ4v) is 3.03. The van der Waals surface area contributed by atoms with E-state index in [0.29, 0.717) is 17.2 Å². The average molecular weight is 319 g/mol. The van der Waals surface area contributed by atoms with Crippen molar-refractivity contribution < 1.29 is 4.79 Å². The van der Waals surface area contributed by atoms with Gasteiger partial charge in [0.2, 0.25) is 0 Å². The molecule has 0 atom stereocenters. The highest BCUT2D eigenvalue weighted by atomic mass is 32.1. The largest absolute Gasteiger partial charge is 0.362 e. The first-order valence-electron chi connectivity index (χ1n) is 6.61. The number of amides is 1. The van der Waals surface area contributed by atoms with E-state index in [1.165, 1.54) is 0 Å². The van der Waals surface area contributed by atoms with Crippen molar-refractivity contribution in [3.05, 3.63) is 46.2 Å². The van der Waals surface area contributed by atoms with Crippen LogP contribution in [-0.2, 0) is 0 Å². The number of rotatable bonds is 3. The van der Waals surface area contributed by atoms with E-state index in [2.05, 4.69) is 16.2 Å². The highest BCUT2D eigenvalue weighted by molar-refractivity contribution is 7.80. The Kier molecular flexibility index (Phi) is 5.30. The molecule has 0 aliphatic rings. The van der Waals surface area contributed by atoms with Gasteiger partial charge in [0.1, 0.15) is 0 Å². The van der Waals surface area contributed by atoms with Crippen molar-refractivity contribution >= 4 is 34.6 Å². The number of benzene rings is 1. The van der Waals surface area contributed by atoms with Crippen LogP contribution in [0.4, 0.5) is 0 Å². The van der Waals surface area contributed by atoms with Gasteiger partial charge in [0, 0.05) is 22.4 Å². The second-order valence-corrected chi connectivity index (χ2v) is 5.88. The van der Waals surface area contributed by atoms with Crippen LogP contribution in [-0.4, -0.2) is 17.6 Å². The lowest BCUT2D eigenvalue weighted by Gasteiger charge is -2.11. The summed E-state index contributed by atoms with van der Waals surface area (Å²) in [6.07, 6.45) is 0. The molecule has 0 spiro atoms. The minimum atomic E-state index is -0.196. The quantitative estimate of drug-likeness (QED) is 0.601. The van der Waals surface area contributed by atoms with Crippen LogP contribution in [0.5, 0.6) is 0 Å². The molecule has 1 aromatic heterocycles. The van der Waals surface area contributed by atoms with Crippen LogP contribution in [0.25, 0.3) is 11.1 Å². The van der Waals surface area contributed by atoms with E-state index in [4.69, 9.17) is 12.2 Å². The number of hydrogen-bond acceptors (Lipinski definition) is 3. The summed E-state index contributed by atoms with van der Waals surface area (Å²) in [5.74, 6) is -0.196. The first-order valence-corrected chi connectivity index (χ1v) is 7.90. The molecule has 3 N–H and O–H groups in total. The molecule has 0 aliphatic heterocycles. The molecule has 0 radical (unpaired) electrons. The number of hydrogen-bond donors (Lipinski definition) is 3. The molecule has 0 unspecified atom stereocenters. The molecule has 0 saturated heterocycles. The van der Waals surface area contributed by atoms with E-state index < -0.39 is 0 Å². The van der Waals surface area contributed by atoms with Gasteiger partial charge < -0.3 is 5.32 Å². The fraction of sp³-hybridized carbons (Fsp3) is 0.200. The zero-order valence-corrected chi connectivity index (χ0v) is 13.5. The van der Waals surface area contributed by atoms with Crippen molar-refractivity contribution in [2.75, 3.05) is 6.54 Å². The maximum atomic E-state index is 12.3. The van der Waals surface area contributed by atoms with Gasteiger partial charge >= 0.3 is 0 Å². The van der Waals surface area contributed by atoms with E-state index >= 15 is 0 Å². The van der Waals surface area contributed by atoms with E-state index in [9.17, 15) is 4.79 Å². The van der Waals surface area contributed by atoms with Gasteiger partial charge in [-0.05, 0) is 31.6 Å². The Balaban J connectivity index is 2.18. The molecular weight excluding hydrogens is 302 g/mol. The lowest BCUT2D eigenvalue weighted by Crippen LogP contribution is -2.46. The summed E-state index contributed by atoms with van der Waals surface area (Å²) in [5.41, 5.74) is 7.97. The third-order valence-electron chi connectivity index (χ3n) is 2.91. The highest BCUT2D eigenvalue weighted by Gasteiger charge is 2.17. The van der Waals surface area contributed by atoms with Crippen LogP contribution in [0.15, 0.2) is 35.7 Å². The van der Waals surface area contributed by atoms with Crippen molar-refractivity contribution in [1.29, 1.82) is 0 Å². The summed E-state index contributed by atoms with van der Waals surface area (Å²) in [5, 5.41) is 5.18. The molecule has 0 bridgehead atoms. The van der Waals surface area contributed by atoms with Crippen LogP contribution in [0.3, 0.4) is 0 Å². The summed E-state index contributed by atoms with van der Waals surface area (Å²) in [4.78, 5) is 13.4. The first kappa shape index (κ1) is 15.5.